The molecule has 1 amide bonds. The van der Waals surface area contributed by atoms with Crippen molar-refractivity contribution >= 4 is 17.5 Å². The predicted molar refractivity (Wildman–Crippen MR) is 89.2 cm³/mol. The van der Waals surface area contributed by atoms with Gasteiger partial charge in [0.1, 0.15) is 0 Å². The van der Waals surface area contributed by atoms with Gasteiger partial charge in [0.2, 0.25) is 0 Å². The maximum absolute atomic E-state index is 12.9. The van der Waals surface area contributed by atoms with E-state index in [0.29, 0.717) is 10.6 Å². The van der Waals surface area contributed by atoms with E-state index in [2.05, 4.69) is 24.1 Å². The van der Waals surface area contributed by atoms with Crippen LogP contribution in [0.4, 0.5) is 0 Å². The van der Waals surface area contributed by atoms with Crippen molar-refractivity contribution < 1.29 is 4.79 Å². The van der Waals surface area contributed by atoms with Gasteiger partial charge in [0.15, 0.2) is 0 Å². The Bertz CT molecular complexity index is 659. The number of nitrogens with zero attached hydrogens (tertiary/aromatic N) is 2. The molecule has 0 bridgehead atoms. The first kappa shape index (κ1) is 15.1. The highest BCUT2D eigenvalue weighted by molar-refractivity contribution is 6.30. The predicted octanol–water partition coefficient (Wildman–Crippen LogP) is 3.47. The Balaban J connectivity index is 1.91. The molecule has 3 nitrogen and oxygen atoms in total. The van der Waals surface area contributed by atoms with Crippen LogP contribution in [-0.2, 0) is 0 Å². The second kappa shape index (κ2) is 6.51. The third kappa shape index (κ3) is 3.16. The summed E-state index contributed by atoms with van der Waals surface area (Å²) in [6, 6.07) is 17.5. The molecule has 0 spiro atoms. The first-order valence-corrected chi connectivity index (χ1v) is 7.83. The van der Waals surface area contributed by atoms with Crippen LogP contribution in [0.1, 0.15) is 22.0 Å². The lowest BCUT2D eigenvalue weighted by Gasteiger charge is -2.40. The van der Waals surface area contributed by atoms with Crippen LogP contribution in [0.2, 0.25) is 5.02 Å². The molecule has 114 valence electrons. The van der Waals surface area contributed by atoms with Crippen molar-refractivity contribution in [2.24, 2.45) is 0 Å². The van der Waals surface area contributed by atoms with Crippen LogP contribution in [0.25, 0.3) is 0 Å². The highest BCUT2D eigenvalue weighted by Gasteiger charge is 2.30. The lowest BCUT2D eigenvalue weighted by molar-refractivity contribution is 0.0498. The molecule has 0 saturated carbocycles. The Labute approximate surface area is 136 Å². The molecule has 2 aromatic rings. The monoisotopic (exact) mass is 314 g/mol. The second-order valence-electron chi connectivity index (χ2n) is 5.70. The normalized spacial score (nSPS) is 19.2. The van der Waals surface area contributed by atoms with Gasteiger partial charge in [0.25, 0.3) is 5.91 Å². The number of carbonyl (C=O) groups is 1. The van der Waals surface area contributed by atoms with Crippen molar-refractivity contribution in [3.8, 4) is 0 Å². The van der Waals surface area contributed by atoms with Crippen LogP contribution in [-0.4, -0.2) is 42.4 Å². The minimum atomic E-state index is 0.0458. The summed E-state index contributed by atoms with van der Waals surface area (Å²) < 4.78 is 0. The molecule has 1 aliphatic rings. The number of piperazine rings is 1. The van der Waals surface area contributed by atoms with Crippen LogP contribution >= 0.6 is 11.6 Å². The summed E-state index contributed by atoms with van der Waals surface area (Å²) in [4.78, 5) is 17.1. The average molecular weight is 315 g/mol. The number of carbonyl (C=O) groups excluding carboxylic acids is 1. The topological polar surface area (TPSA) is 23.6 Å². The summed E-state index contributed by atoms with van der Waals surface area (Å²) in [6.07, 6.45) is 0. The van der Waals surface area contributed by atoms with E-state index in [1.807, 2.05) is 35.2 Å². The van der Waals surface area contributed by atoms with Crippen LogP contribution in [0.15, 0.2) is 54.6 Å². The molecule has 1 atom stereocenters. The van der Waals surface area contributed by atoms with E-state index < -0.39 is 0 Å². The first-order valence-electron chi connectivity index (χ1n) is 7.45. The SMILES string of the molecule is CN1CCN(C(=O)c2cccc(Cl)c2)[C@H](c2ccccc2)C1. The molecule has 0 aliphatic carbocycles. The molecular weight excluding hydrogens is 296 g/mol. The molecule has 1 heterocycles. The Morgan fingerprint density at radius 1 is 1.09 bits per heavy atom. The summed E-state index contributed by atoms with van der Waals surface area (Å²) in [5, 5.41) is 0.594. The van der Waals surface area contributed by atoms with Crippen molar-refractivity contribution in [3.63, 3.8) is 0 Å². The van der Waals surface area contributed by atoms with E-state index in [9.17, 15) is 4.79 Å². The van der Waals surface area contributed by atoms with Gasteiger partial charge in [-0.3, -0.25) is 4.79 Å². The van der Waals surface area contributed by atoms with E-state index >= 15 is 0 Å². The molecule has 0 aromatic heterocycles. The summed E-state index contributed by atoms with van der Waals surface area (Å²) in [6.45, 7) is 2.45. The van der Waals surface area contributed by atoms with Crippen LogP contribution in [0, 0.1) is 0 Å². The highest BCUT2D eigenvalue weighted by atomic mass is 35.5. The van der Waals surface area contributed by atoms with E-state index in [-0.39, 0.29) is 11.9 Å². The average Bonchev–Trinajstić information content (AvgIpc) is 2.55. The van der Waals surface area contributed by atoms with Crippen molar-refractivity contribution in [1.29, 1.82) is 0 Å². The van der Waals surface area contributed by atoms with Crippen LogP contribution in [0.3, 0.4) is 0 Å². The molecule has 1 fully saturated rings. The maximum Gasteiger partial charge on any atom is 0.254 e. The fraction of sp³-hybridized carbons (Fsp3) is 0.278. The van der Waals surface area contributed by atoms with Crippen molar-refractivity contribution in [2.45, 2.75) is 6.04 Å². The van der Waals surface area contributed by atoms with E-state index in [0.717, 1.165) is 19.6 Å². The molecule has 0 radical (unpaired) electrons. The van der Waals surface area contributed by atoms with Gasteiger partial charge in [-0.05, 0) is 30.8 Å². The van der Waals surface area contributed by atoms with Gasteiger partial charge >= 0.3 is 0 Å². The number of hydrogen-bond acceptors (Lipinski definition) is 2. The summed E-state index contributed by atoms with van der Waals surface area (Å²) in [5.74, 6) is 0.0458. The minimum absolute atomic E-state index is 0.0458. The lowest BCUT2D eigenvalue weighted by atomic mass is 10.0. The van der Waals surface area contributed by atoms with E-state index in [1.54, 1.807) is 12.1 Å². The number of amides is 1. The number of rotatable bonds is 2. The summed E-state index contributed by atoms with van der Waals surface area (Å²) in [7, 11) is 2.09. The fourth-order valence-electron chi connectivity index (χ4n) is 2.91. The molecule has 22 heavy (non-hydrogen) atoms. The van der Waals surface area contributed by atoms with Gasteiger partial charge in [-0.25, -0.2) is 0 Å². The maximum atomic E-state index is 12.9. The number of likely N-dealkylation sites (N-methyl/N-ethyl adjacent to an activating group) is 1. The van der Waals surface area contributed by atoms with Gasteiger partial charge in [0.05, 0.1) is 6.04 Å². The zero-order valence-corrected chi connectivity index (χ0v) is 13.3. The Hall–Kier alpha value is -1.84. The van der Waals surface area contributed by atoms with Gasteiger partial charge in [0, 0.05) is 30.2 Å². The van der Waals surface area contributed by atoms with Crippen molar-refractivity contribution in [3.05, 3.63) is 70.7 Å². The van der Waals surface area contributed by atoms with E-state index in [1.165, 1.54) is 5.56 Å². The zero-order valence-electron chi connectivity index (χ0n) is 12.6. The third-order valence-electron chi connectivity index (χ3n) is 4.10. The Morgan fingerprint density at radius 3 is 2.59 bits per heavy atom. The molecule has 0 unspecified atom stereocenters. The summed E-state index contributed by atoms with van der Waals surface area (Å²) >= 11 is 6.03. The quantitative estimate of drug-likeness (QED) is 0.847. The Kier molecular flexibility index (Phi) is 4.46. The second-order valence-corrected chi connectivity index (χ2v) is 6.13. The van der Waals surface area contributed by atoms with Crippen molar-refractivity contribution in [1.82, 2.24) is 9.80 Å². The van der Waals surface area contributed by atoms with Crippen molar-refractivity contribution in [2.75, 3.05) is 26.7 Å². The van der Waals surface area contributed by atoms with Gasteiger partial charge in [-0.1, -0.05) is 48.0 Å². The molecule has 4 heteroatoms. The Morgan fingerprint density at radius 2 is 1.86 bits per heavy atom. The largest absolute Gasteiger partial charge is 0.329 e. The molecule has 1 aliphatic heterocycles. The van der Waals surface area contributed by atoms with Gasteiger partial charge in [-0.15, -0.1) is 0 Å². The molecule has 0 N–H and O–H groups in total. The highest BCUT2D eigenvalue weighted by Crippen LogP contribution is 2.27. The molecule has 3 rings (SSSR count). The fourth-order valence-corrected chi connectivity index (χ4v) is 3.10. The third-order valence-corrected chi connectivity index (χ3v) is 4.34. The number of benzene rings is 2. The summed E-state index contributed by atoms with van der Waals surface area (Å²) in [5.41, 5.74) is 1.82. The minimum Gasteiger partial charge on any atom is -0.329 e. The first-order chi connectivity index (χ1) is 10.6. The number of hydrogen-bond donors (Lipinski definition) is 0. The molecule has 1 saturated heterocycles. The number of halogens is 1. The lowest BCUT2D eigenvalue weighted by Crippen LogP contribution is -2.49. The smallest absolute Gasteiger partial charge is 0.254 e. The van der Waals surface area contributed by atoms with Crippen LogP contribution in [0.5, 0.6) is 0 Å². The van der Waals surface area contributed by atoms with E-state index in [4.69, 9.17) is 11.6 Å². The van der Waals surface area contributed by atoms with Gasteiger partial charge in [-0.2, -0.15) is 0 Å². The van der Waals surface area contributed by atoms with Gasteiger partial charge < -0.3 is 9.80 Å². The zero-order chi connectivity index (χ0) is 15.5. The molecular formula is C18H19ClN2O. The van der Waals surface area contributed by atoms with Crippen LogP contribution < -0.4 is 0 Å². The molecule has 2 aromatic carbocycles. The standard InChI is InChI=1S/C18H19ClN2O/c1-20-10-11-21(17(13-20)14-6-3-2-4-7-14)18(22)15-8-5-9-16(19)12-15/h2-9,12,17H,10-11,13H2,1H3/t17-/m0/s1.